The van der Waals surface area contributed by atoms with Crippen LogP contribution in [0.4, 0.5) is 0 Å². The molecule has 4 heteroatoms. The minimum absolute atomic E-state index is 0. The van der Waals surface area contributed by atoms with E-state index in [0.29, 0.717) is 6.16 Å². The highest BCUT2D eigenvalue weighted by molar-refractivity contribution is 7.16. The number of ether oxygens (including phenoxy) is 1. The number of hydrogen-bond donors (Lipinski definition) is 1. The Kier molecular flexibility index (Phi) is 5.59. The Bertz CT molecular complexity index is 501. The monoisotopic (exact) mass is 271 g/mol. The molecule has 0 aliphatic heterocycles. The van der Waals surface area contributed by atoms with Crippen LogP contribution in [-0.4, -0.2) is 26.8 Å². The van der Waals surface area contributed by atoms with Crippen molar-refractivity contribution in [1.82, 2.24) is 0 Å². The van der Waals surface area contributed by atoms with Crippen LogP contribution in [0.15, 0.2) is 54.6 Å². The molecule has 0 aliphatic carbocycles. The molecule has 2 atom stereocenters. The van der Waals surface area contributed by atoms with Gasteiger partial charge >= 0.3 is 0 Å². The van der Waals surface area contributed by atoms with Crippen molar-refractivity contribution < 1.29 is 9.84 Å². The molecular weight excluding hydrogens is 254 g/mol. The second kappa shape index (κ2) is 6.74. The van der Waals surface area contributed by atoms with Gasteiger partial charge in [0.15, 0.2) is 0 Å². The van der Waals surface area contributed by atoms with Crippen LogP contribution >= 0.6 is 9.24 Å². The molecule has 0 saturated carbocycles. The molecule has 0 saturated heterocycles. The van der Waals surface area contributed by atoms with Crippen molar-refractivity contribution in [3.63, 3.8) is 0 Å². The van der Waals surface area contributed by atoms with Crippen molar-refractivity contribution in [2.45, 2.75) is 5.60 Å². The first-order chi connectivity index (χ1) is 8.70. The average molecular weight is 271 g/mol. The summed E-state index contributed by atoms with van der Waals surface area (Å²) in [6, 6.07) is 17.2. The molecule has 19 heavy (non-hydrogen) atoms. The highest BCUT2D eigenvalue weighted by atomic mass is 31.0. The third-order valence-corrected chi connectivity index (χ3v) is 3.71. The highest BCUT2D eigenvalue weighted by Gasteiger charge is 2.29. The first-order valence-corrected chi connectivity index (χ1v) is 6.65. The normalized spacial score (nSPS) is 13.2. The van der Waals surface area contributed by atoms with Crippen molar-refractivity contribution in [1.29, 1.82) is 0 Å². The van der Waals surface area contributed by atoms with Gasteiger partial charge in [0.2, 0.25) is 0 Å². The van der Waals surface area contributed by atoms with Gasteiger partial charge in [0.05, 0.1) is 7.11 Å². The van der Waals surface area contributed by atoms with E-state index in [2.05, 4.69) is 9.24 Å². The van der Waals surface area contributed by atoms with Gasteiger partial charge in [-0.1, -0.05) is 42.5 Å². The lowest BCUT2D eigenvalue weighted by molar-refractivity contribution is 0.107. The van der Waals surface area contributed by atoms with Gasteiger partial charge in [-0.15, -0.1) is 9.24 Å². The highest BCUT2D eigenvalue weighted by Crippen LogP contribution is 2.32. The zero-order valence-corrected chi connectivity index (χ0v) is 12.1. The summed E-state index contributed by atoms with van der Waals surface area (Å²) in [6.45, 7) is 0. The fourth-order valence-electron chi connectivity index (χ4n) is 1.98. The number of methoxy groups -OCH3 is 1. The molecule has 0 bridgehead atoms. The maximum absolute atomic E-state index is 10.9. The molecule has 0 fully saturated rings. The Morgan fingerprint density at radius 3 is 2.00 bits per heavy atom. The topological polar surface area (TPSA) is 29.5 Å². The molecule has 0 heterocycles. The minimum Gasteiger partial charge on any atom is -0.497 e. The van der Waals surface area contributed by atoms with Crippen LogP contribution in [0.2, 0.25) is 0 Å². The van der Waals surface area contributed by atoms with Crippen molar-refractivity contribution in [2.75, 3.05) is 13.3 Å². The Hall–Kier alpha value is -1.31. The van der Waals surface area contributed by atoms with E-state index in [9.17, 15) is 5.11 Å². The predicted octanol–water partition coefficient (Wildman–Crippen LogP) is 2.43. The molecular formula is C15H17BO2P. The van der Waals surface area contributed by atoms with Gasteiger partial charge in [0.1, 0.15) is 11.4 Å². The summed E-state index contributed by atoms with van der Waals surface area (Å²) in [6.07, 6.45) is 0.545. The van der Waals surface area contributed by atoms with Crippen molar-refractivity contribution >= 4 is 17.7 Å². The smallest absolute Gasteiger partial charge is 0.118 e. The lowest BCUT2D eigenvalue weighted by Gasteiger charge is -2.28. The molecule has 3 radical (unpaired) electrons. The predicted molar refractivity (Wildman–Crippen MR) is 82.8 cm³/mol. The lowest BCUT2D eigenvalue weighted by Crippen LogP contribution is -2.28. The van der Waals surface area contributed by atoms with Crippen LogP contribution in [0.3, 0.4) is 0 Å². The van der Waals surface area contributed by atoms with E-state index in [1.165, 1.54) is 0 Å². The van der Waals surface area contributed by atoms with E-state index >= 15 is 0 Å². The molecule has 0 aliphatic rings. The van der Waals surface area contributed by atoms with E-state index in [1.54, 1.807) is 7.11 Å². The number of hydrogen-bond acceptors (Lipinski definition) is 2. The van der Waals surface area contributed by atoms with Crippen LogP contribution in [0.25, 0.3) is 0 Å². The molecule has 97 valence electrons. The second-order valence-electron chi connectivity index (χ2n) is 4.16. The summed E-state index contributed by atoms with van der Waals surface area (Å²) in [7, 11) is 4.25. The molecule has 1 N–H and O–H groups in total. The Balaban J connectivity index is 0.00000180. The summed E-state index contributed by atoms with van der Waals surface area (Å²) >= 11 is 0. The second-order valence-corrected chi connectivity index (χ2v) is 4.57. The third kappa shape index (κ3) is 3.18. The Morgan fingerprint density at radius 2 is 1.53 bits per heavy atom. The molecule has 2 rings (SSSR count). The van der Waals surface area contributed by atoms with Gasteiger partial charge in [-0.2, -0.15) is 0 Å². The zero-order valence-electron chi connectivity index (χ0n) is 10.9. The fourth-order valence-corrected chi connectivity index (χ4v) is 2.45. The van der Waals surface area contributed by atoms with Crippen LogP contribution in [0, 0.1) is 0 Å². The molecule has 2 nitrogen and oxygen atoms in total. The molecule has 2 aromatic carbocycles. The number of rotatable bonds is 4. The standard InChI is InChI=1S/C15H17O2P.B/c1-17-14-9-7-13(8-10-14)15(16,11-18)12-5-3-2-4-6-12;/h2-10,16H,11,18H2,1H3;. The van der Waals surface area contributed by atoms with Crippen molar-refractivity contribution in [2.24, 2.45) is 0 Å². The summed E-state index contributed by atoms with van der Waals surface area (Å²) in [4.78, 5) is 0. The fraction of sp³-hybridized carbons (Fsp3) is 0.200. The first-order valence-electron chi connectivity index (χ1n) is 5.83. The van der Waals surface area contributed by atoms with Crippen molar-refractivity contribution in [3.8, 4) is 5.75 Å². The number of aliphatic hydroxyl groups is 1. The molecule has 0 aromatic heterocycles. The van der Waals surface area contributed by atoms with Gasteiger partial charge in [0, 0.05) is 8.41 Å². The van der Waals surface area contributed by atoms with Crippen LogP contribution < -0.4 is 4.74 Å². The van der Waals surface area contributed by atoms with E-state index in [1.807, 2.05) is 54.6 Å². The Morgan fingerprint density at radius 1 is 1.00 bits per heavy atom. The molecule has 0 amide bonds. The van der Waals surface area contributed by atoms with Gasteiger partial charge in [0.25, 0.3) is 0 Å². The van der Waals surface area contributed by atoms with Gasteiger partial charge in [-0.05, 0) is 29.4 Å². The maximum Gasteiger partial charge on any atom is 0.118 e. The van der Waals surface area contributed by atoms with Gasteiger partial charge < -0.3 is 9.84 Å². The SMILES string of the molecule is COc1ccc(C(O)(CP)c2ccccc2)cc1.[B]. The summed E-state index contributed by atoms with van der Waals surface area (Å²) in [5.74, 6) is 0.790. The summed E-state index contributed by atoms with van der Waals surface area (Å²) < 4.78 is 5.13. The van der Waals surface area contributed by atoms with E-state index < -0.39 is 5.60 Å². The van der Waals surface area contributed by atoms with Crippen molar-refractivity contribution in [3.05, 3.63) is 65.7 Å². The average Bonchev–Trinajstić information content (AvgIpc) is 2.47. The third-order valence-electron chi connectivity index (χ3n) is 3.11. The molecule has 2 unspecified atom stereocenters. The van der Waals surface area contributed by atoms with Gasteiger partial charge in [-0.25, -0.2) is 0 Å². The molecule has 0 spiro atoms. The minimum atomic E-state index is -0.974. The van der Waals surface area contributed by atoms with E-state index in [0.717, 1.165) is 16.9 Å². The lowest BCUT2D eigenvalue weighted by atomic mass is 9.88. The van der Waals surface area contributed by atoms with E-state index in [-0.39, 0.29) is 8.41 Å². The Labute approximate surface area is 118 Å². The van der Waals surface area contributed by atoms with Gasteiger partial charge in [-0.3, -0.25) is 0 Å². The molecule has 2 aromatic rings. The van der Waals surface area contributed by atoms with Crippen LogP contribution in [-0.2, 0) is 5.60 Å². The van der Waals surface area contributed by atoms with Crippen LogP contribution in [0.1, 0.15) is 11.1 Å². The maximum atomic E-state index is 10.9. The van der Waals surface area contributed by atoms with Crippen LogP contribution in [0.5, 0.6) is 5.75 Å². The first kappa shape index (κ1) is 15.8. The quantitative estimate of drug-likeness (QED) is 0.683. The largest absolute Gasteiger partial charge is 0.497 e. The van der Waals surface area contributed by atoms with E-state index in [4.69, 9.17) is 4.74 Å². The number of benzene rings is 2. The summed E-state index contributed by atoms with van der Waals surface area (Å²) in [5, 5.41) is 10.9. The summed E-state index contributed by atoms with van der Waals surface area (Å²) in [5.41, 5.74) is 0.785. The zero-order chi connectivity index (χ0) is 13.0.